The molecule has 0 aliphatic heterocycles. The van der Waals surface area contributed by atoms with Crippen LogP contribution in [0.15, 0.2) is 54.7 Å². The molecule has 0 radical (unpaired) electrons. The molecule has 2 aromatic rings. The zero-order chi connectivity index (χ0) is 21.3. The van der Waals surface area contributed by atoms with Crippen LogP contribution in [0.4, 0.5) is 0 Å². The van der Waals surface area contributed by atoms with Gasteiger partial charge in [-0.15, -0.1) is 4.72 Å². The average Bonchev–Trinajstić information content (AvgIpc) is 2.71. The lowest BCUT2D eigenvalue weighted by atomic mass is 10.0. The molecule has 2 rings (SSSR count). The third-order valence-corrected chi connectivity index (χ3v) is 5.90. The number of aromatic nitrogens is 1. The molecule has 4 atom stereocenters. The summed E-state index contributed by atoms with van der Waals surface area (Å²) in [6.45, 7) is 8.63. The number of hydrogen-bond donors (Lipinski definition) is 2. The van der Waals surface area contributed by atoms with Crippen LogP contribution in [0.2, 0.25) is 0 Å². The minimum absolute atomic E-state index is 0.242. The van der Waals surface area contributed by atoms with Crippen LogP contribution in [0.3, 0.4) is 0 Å². The molecule has 0 fully saturated rings. The molecule has 0 saturated heterocycles. The molecule has 6 nitrogen and oxygen atoms in total. The van der Waals surface area contributed by atoms with Crippen molar-refractivity contribution in [2.45, 2.75) is 57.3 Å². The highest BCUT2D eigenvalue weighted by Crippen LogP contribution is 2.23. The molecule has 0 bridgehead atoms. The van der Waals surface area contributed by atoms with Crippen molar-refractivity contribution in [3.05, 3.63) is 66.0 Å². The summed E-state index contributed by atoms with van der Waals surface area (Å²) in [6, 6.07) is 14.5. The maximum atomic E-state index is 12.8. The number of aliphatic hydroxyl groups is 1. The van der Waals surface area contributed by atoms with E-state index in [4.69, 9.17) is 9.47 Å². The summed E-state index contributed by atoms with van der Waals surface area (Å²) < 4.78 is 27.1. The Morgan fingerprint density at radius 1 is 1.14 bits per heavy atom. The number of pyridine rings is 1. The Labute approximate surface area is 177 Å². The average molecular weight is 421 g/mol. The van der Waals surface area contributed by atoms with Gasteiger partial charge in [-0.3, -0.25) is 4.98 Å². The van der Waals surface area contributed by atoms with Crippen molar-refractivity contribution < 1.29 is 19.1 Å². The molecule has 0 aliphatic rings. The van der Waals surface area contributed by atoms with Gasteiger partial charge in [0.15, 0.2) is 0 Å². The lowest BCUT2D eigenvalue weighted by molar-refractivity contribution is -0.0570. The fraction of sp³-hybridized carbons (Fsp3) is 0.500. The van der Waals surface area contributed by atoms with E-state index in [0.29, 0.717) is 18.9 Å². The summed E-state index contributed by atoms with van der Waals surface area (Å²) in [7, 11) is 0. The Hall–Kier alpha value is -1.48. The molecule has 1 heterocycles. The molecule has 29 heavy (non-hydrogen) atoms. The van der Waals surface area contributed by atoms with Gasteiger partial charge in [-0.25, -0.2) is 0 Å². The molecule has 1 aromatic carbocycles. The monoisotopic (exact) mass is 420 g/mol. The van der Waals surface area contributed by atoms with E-state index in [2.05, 4.69) is 9.71 Å². The van der Waals surface area contributed by atoms with Gasteiger partial charge < -0.3 is 19.1 Å². The molecule has 0 saturated carbocycles. The van der Waals surface area contributed by atoms with E-state index in [1.807, 2.05) is 64.1 Å². The number of aliphatic hydroxyl groups excluding tert-OH is 1. The van der Waals surface area contributed by atoms with E-state index in [0.717, 1.165) is 5.56 Å². The van der Waals surface area contributed by atoms with Crippen LogP contribution in [-0.4, -0.2) is 44.7 Å². The fourth-order valence-corrected chi connectivity index (χ4v) is 3.60. The largest absolute Gasteiger partial charge is 0.598 e. The van der Waals surface area contributed by atoms with Gasteiger partial charge in [-0.05, 0) is 45.4 Å². The topological polar surface area (TPSA) is 86.7 Å². The minimum atomic E-state index is -1.40. The summed E-state index contributed by atoms with van der Waals surface area (Å²) in [5.41, 5.74) is 1.54. The highest BCUT2D eigenvalue weighted by Gasteiger charge is 2.38. The van der Waals surface area contributed by atoms with Crippen LogP contribution in [0.25, 0.3) is 0 Å². The molecular weight excluding hydrogens is 388 g/mol. The van der Waals surface area contributed by atoms with Crippen LogP contribution in [0, 0.1) is 0 Å². The highest BCUT2D eigenvalue weighted by molar-refractivity contribution is 7.90. The number of nitrogens with one attached hydrogen (secondary N) is 1. The Morgan fingerprint density at radius 3 is 2.41 bits per heavy atom. The molecule has 1 aromatic heterocycles. The molecule has 160 valence electrons. The maximum Gasteiger partial charge on any atom is 0.136 e. The Morgan fingerprint density at radius 2 is 1.83 bits per heavy atom. The molecule has 0 amide bonds. The van der Waals surface area contributed by atoms with Gasteiger partial charge in [0.25, 0.3) is 0 Å². The molecule has 0 aliphatic carbocycles. The second kappa shape index (κ2) is 11.6. The first-order chi connectivity index (χ1) is 13.8. The van der Waals surface area contributed by atoms with Crippen molar-refractivity contribution in [3.63, 3.8) is 0 Å². The van der Waals surface area contributed by atoms with Crippen molar-refractivity contribution in [3.8, 4) is 0 Å². The SMILES string of the molecule is CCO[C@H](COCc1ccccc1)[C@H](N[S+]([O-])C(C)(C)C)[C@@H](O)c1ccccn1. The first-order valence-corrected chi connectivity index (χ1v) is 11.0. The van der Waals surface area contributed by atoms with Crippen LogP contribution >= 0.6 is 0 Å². The molecule has 7 heteroatoms. The summed E-state index contributed by atoms with van der Waals surface area (Å²) in [6.07, 6.45) is 0.115. The van der Waals surface area contributed by atoms with E-state index < -0.39 is 34.4 Å². The van der Waals surface area contributed by atoms with Gasteiger partial charge in [-0.1, -0.05) is 36.4 Å². The zero-order valence-electron chi connectivity index (χ0n) is 17.6. The van der Waals surface area contributed by atoms with Gasteiger partial charge in [-0.2, -0.15) is 0 Å². The molecule has 0 spiro atoms. The van der Waals surface area contributed by atoms with Crippen molar-refractivity contribution in [2.75, 3.05) is 13.2 Å². The second-order valence-corrected chi connectivity index (χ2v) is 9.72. The highest BCUT2D eigenvalue weighted by atomic mass is 32.2. The number of hydrogen-bond acceptors (Lipinski definition) is 6. The summed E-state index contributed by atoms with van der Waals surface area (Å²) in [4.78, 5) is 4.25. The van der Waals surface area contributed by atoms with Crippen LogP contribution in [-0.2, 0) is 27.4 Å². The van der Waals surface area contributed by atoms with Crippen molar-refractivity contribution in [2.24, 2.45) is 0 Å². The quantitative estimate of drug-likeness (QED) is 0.543. The Bertz CT molecular complexity index is 697. The van der Waals surface area contributed by atoms with Crippen molar-refractivity contribution >= 4 is 11.4 Å². The lowest BCUT2D eigenvalue weighted by Crippen LogP contribution is -2.54. The van der Waals surface area contributed by atoms with Crippen LogP contribution < -0.4 is 4.72 Å². The normalized spacial score (nSPS) is 16.2. The fourth-order valence-electron chi connectivity index (χ4n) is 2.72. The van der Waals surface area contributed by atoms with Crippen LogP contribution in [0.5, 0.6) is 0 Å². The predicted molar refractivity (Wildman–Crippen MR) is 116 cm³/mol. The van der Waals surface area contributed by atoms with Crippen molar-refractivity contribution in [1.29, 1.82) is 0 Å². The Balaban J connectivity index is 2.16. The predicted octanol–water partition coefficient (Wildman–Crippen LogP) is 3.16. The first kappa shape index (κ1) is 23.8. The number of nitrogens with zero attached hydrogens (tertiary/aromatic N) is 1. The Kier molecular flexibility index (Phi) is 9.55. The second-order valence-electron chi connectivity index (χ2n) is 7.72. The number of benzene rings is 1. The lowest BCUT2D eigenvalue weighted by Gasteiger charge is -2.34. The standard InChI is InChI=1S/C22H32N2O4S/c1-5-28-19(16-27-15-17-11-7-6-8-12-17)20(24-29(26)22(2,3)4)21(25)18-13-9-10-14-23-18/h6-14,19-21,24-25H,5,15-16H2,1-4H3/t19-,20+,21+,29?/m1/s1. The van der Waals surface area contributed by atoms with Crippen molar-refractivity contribution in [1.82, 2.24) is 9.71 Å². The number of rotatable bonds is 11. The molecule has 2 N–H and O–H groups in total. The first-order valence-electron chi connectivity index (χ1n) is 9.83. The van der Waals surface area contributed by atoms with E-state index >= 15 is 0 Å². The minimum Gasteiger partial charge on any atom is -0.598 e. The summed E-state index contributed by atoms with van der Waals surface area (Å²) >= 11 is -1.40. The molecule has 1 unspecified atom stereocenters. The van der Waals surface area contributed by atoms with E-state index in [1.165, 1.54) is 0 Å². The summed E-state index contributed by atoms with van der Waals surface area (Å²) in [5, 5.41) is 11.0. The van der Waals surface area contributed by atoms with Gasteiger partial charge in [0, 0.05) is 24.2 Å². The zero-order valence-corrected chi connectivity index (χ0v) is 18.4. The van der Waals surface area contributed by atoms with Gasteiger partial charge >= 0.3 is 0 Å². The smallest absolute Gasteiger partial charge is 0.136 e. The van der Waals surface area contributed by atoms with E-state index in [9.17, 15) is 9.66 Å². The third kappa shape index (κ3) is 7.70. The summed E-state index contributed by atoms with van der Waals surface area (Å²) in [5.74, 6) is 0. The molecular formula is C22H32N2O4S. The number of ether oxygens (including phenoxy) is 2. The maximum absolute atomic E-state index is 12.8. The van der Waals surface area contributed by atoms with Gasteiger partial charge in [0.1, 0.15) is 23.0 Å². The third-order valence-electron chi connectivity index (χ3n) is 4.31. The van der Waals surface area contributed by atoms with Gasteiger partial charge in [0.2, 0.25) is 0 Å². The van der Waals surface area contributed by atoms with E-state index in [-0.39, 0.29) is 6.61 Å². The van der Waals surface area contributed by atoms with E-state index in [1.54, 1.807) is 18.3 Å². The van der Waals surface area contributed by atoms with Crippen LogP contribution in [0.1, 0.15) is 45.1 Å². The van der Waals surface area contributed by atoms with Gasteiger partial charge in [0.05, 0.1) is 18.9 Å².